The molecule has 24 heavy (non-hydrogen) atoms. The number of amidine groups is 1. The Kier molecular flexibility index (Phi) is 3.23. The number of carbonyl (C=O) groups excluding carboxylic acids is 2. The van der Waals surface area contributed by atoms with Gasteiger partial charge in [0.05, 0.1) is 5.69 Å². The average Bonchev–Trinajstić information content (AvgIpc) is 3.08. The highest BCUT2D eigenvalue weighted by Crippen LogP contribution is 2.27. The summed E-state index contributed by atoms with van der Waals surface area (Å²) in [4.78, 5) is 36.5. The Hall–Kier alpha value is -3.28. The maximum Gasteiger partial charge on any atom is 0.297 e. The van der Waals surface area contributed by atoms with Crippen LogP contribution in [0.4, 0.5) is 0 Å². The highest BCUT2D eigenvalue weighted by atomic mass is 16.2. The van der Waals surface area contributed by atoms with Gasteiger partial charge < -0.3 is 4.98 Å². The first-order valence-corrected chi connectivity index (χ1v) is 7.53. The molecule has 2 aromatic heterocycles. The van der Waals surface area contributed by atoms with Crippen molar-refractivity contribution in [1.82, 2.24) is 14.9 Å². The number of Topliss-reactive ketones (excluding diaryl/α,β-unsaturated/α-hetero) is 1. The van der Waals surface area contributed by atoms with Gasteiger partial charge in [-0.05, 0) is 24.3 Å². The van der Waals surface area contributed by atoms with Crippen LogP contribution in [-0.2, 0) is 9.59 Å². The van der Waals surface area contributed by atoms with Crippen molar-refractivity contribution in [2.24, 2.45) is 4.99 Å². The van der Waals surface area contributed by atoms with Crippen molar-refractivity contribution >= 4 is 28.4 Å². The summed E-state index contributed by atoms with van der Waals surface area (Å²) in [6, 6.07) is 11.7. The Bertz CT molecular complexity index is 1000. The lowest BCUT2D eigenvalue weighted by molar-refractivity contribution is -0.141. The molecule has 0 saturated heterocycles. The average molecular weight is 318 g/mol. The van der Waals surface area contributed by atoms with Crippen LogP contribution in [0.25, 0.3) is 22.2 Å². The minimum absolute atomic E-state index is 0.108. The number of ketones is 1. The summed E-state index contributed by atoms with van der Waals surface area (Å²) >= 11 is 0. The van der Waals surface area contributed by atoms with Gasteiger partial charge >= 0.3 is 0 Å². The maximum atomic E-state index is 11.9. The van der Waals surface area contributed by atoms with Crippen LogP contribution < -0.4 is 0 Å². The van der Waals surface area contributed by atoms with Crippen molar-refractivity contribution in [3.63, 3.8) is 0 Å². The van der Waals surface area contributed by atoms with Crippen LogP contribution in [0.15, 0.2) is 53.8 Å². The third-order valence-corrected chi connectivity index (χ3v) is 4.12. The van der Waals surface area contributed by atoms with Crippen LogP contribution in [0.1, 0.15) is 5.56 Å². The van der Waals surface area contributed by atoms with E-state index in [2.05, 4.69) is 15.0 Å². The van der Waals surface area contributed by atoms with Crippen molar-refractivity contribution in [3.8, 4) is 11.3 Å². The summed E-state index contributed by atoms with van der Waals surface area (Å²) in [5, 5.41) is 1.08. The molecule has 0 bridgehead atoms. The number of hydrogen-bond acceptors (Lipinski definition) is 4. The van der Waals surface area contributed by atoms with Crippen molar-refractivity contribution in [2.75, 3.05) is 13.6 Å². The van der Waals surface area contributed by atoms with Crippen LogP contribution in [-0.4, -0.2) is 46.0 Å². The van der Waals surface area contributed by atoms with E-state index in [1.165, 1.54) is 4.90 Å². The number of rotatable bonds is 2. The van der Waals surface area contributed by atoms with Gasteiger partial charge in [0, 0.05) is 41.5 Å². The van der Waals surface area contributed by atoms with E-state index in [9.17, 15) is 9.59 Å². The van der Waals surface area contributed by atoms with Crippen molar-refractivity contribution in [3.05, 3.63) is 54.4 Å². The molecule has 4 rings (SSSR count). The largest absolute Gasteiger partial charge is 0.361 e. The minimum atomic E-state index is -0.536. The van der Waals surface area contributed by atoms with Crippen LogP contribution in [0.3, 0.4) is 0 Å². The van der Waals surface area contributed by atoms with E-state index in [-0.39, 0.29) is 6.54 Å². The fraction of sp³-hybridized carbons (Fsp3) is 0.111. The summed E-state index contributed by atoms with van der Waals surface area (Å²) in [7, 11) is 1.56. The summed E-state index contributed by atoms with van der Waals surface area (Å²) in [6.07, 6.45) is 3.58. The first-order valence-electron chi connectivity index (χ1n) is 7.53. The van der Waals surface area contributed by atoms with Crippen molar-refractivity contribution in [1.29, 1.82) is 0 Å². The van der Waals surface area contributed by atoms with Gasteiger partial charge in [0.2, 0.25) is 5.78 Å². The molecule has 0 saturated carbocycles. The second kappa shape index (κ2) is 5.42. The van der Waals surface area contributed by atoms with E-state index in [1.54, 1.807) is 19.3 Å². The molecule has 0 unspecified atom stereocenters. The quantitative estimate of drug-likeness (QED) is 0.734. The Morgan fingerprint density at radius 2 is 2.04 bits per heavy atom. The van der Waals surface area contributed by atoms with Gasteiger partial charge in [0.15, 0.2) is 0 Å². The lowest BCUT2D eigenvalue weighted by Crippen LogP contribution is -2.43. The summed E-state index contributed by atoms with van der Waals surface area (Å²) in [5.41, 5.74) is 3.58. The number of hydrogen-bond donors (Lipinski definition) is 1. The van der Waals surface area contributed by atoms with Gasteiger partial charge in [-0.3, -0.25) is 24.5 Å². The molecule has 1 aliphatic rings. The molecule has 0 radical (unpaired) electrons. The zero-order valence-electron chi connectivity index (χ0n) is 13.0. The highest BCUT2D eigenvalue weighted by Gasteiger charge is 2.27. The predicted molar refractivity (Wildman–Crippen MR) is 90.7 cm³/mol. The fourth-order valence-corrected chi connectivity index (χ4v) is 2.91. The number of aliphatic imine (C=N–C) groups is 1. The fourth-order valence-electron chi connectivity index (χ4n) is 2.91. The topological polar surface area (TPSA) is 78.4 Å². The standard InChI is InChI=1S/C18H14N4O2/c1-22-17(21-10-16(23)18(22)24)11-5-7-20-15(9-11)12-3-2-4-14-13(12)6-8-19-14/h2-9,19H,10H2,1H3. The molecular formula is C18H14N4O2. The molecule has 0 fully saturated rings. The molecule has 0 aliphatic carbocycles. The SMILES string of the molecule is CN1C(=O)C(=O)CN=C1c1ccnc(-c2cccc3[nH]ccc23)c1. The van der Waals surface area contributed by atoms with Gasteiger partial charge in [0.25, 0.3) is 5.91 Å². The Labute approximate surface area is 137 Å². The number of H-pyrrole nitrogens is 1. The molecule has 0 atom stereocenters. The molecule has 0 spiro atoms. The number of amides is 1. The Morgan fingerprint density at radius 1 is 1.17 bits per heavy atom. The molecular weight excluding hydrogens is 304 g/mol. The molecule has 6 heteroatoms. The number of likely N-dealkylation sites (N-methyl/N-ethyl adjacent to an activating group) is 1. The maximum absolute atomic E-state index is 11.9. The van der Waals surface area contributed by atoms with Crippen LogP contribution >= 0.6 is 0 Å². The Morgan fingerprint density at radius 3 is 2.92 bits per heavy atom. The highest BCUT2D eigenvalue weighted by molar-refractivity contribution is 6.42. The number of carbonyl (C=O) groups is 2. The zero-order valence-corrected chi connectivity index (χ0v) is 13.0. The number of aromatic amines is 1. The van der Waals surface area contributed by atoms with Gasteiger partial charge in [-0.25, -0.2) is 0 Å². The summed E-state index contributed by atoms with van der Waals surface area (Å²) in [6.45, 7) is -0.108. The second-order valence-corrected chi connectivity index (χ2v) is 5.60. The Balaban J connectivity index is 1.82. The van der Waals surface area contributed by atoms with E-state index in [1.807, 2.05) is 36.5 Å². The number of nitrogens with one attached hydrogen (secondary N) is 1. The van der Waals surface area contributed by atoms with E-state index in [0.717, 1.165) is 27.7 Å². The zero-order chi connectivity index (χ0) is 16.7. The van der Waals surface area contributed by atoms with Crippen LogP contribution in [0.2, 0.25) is 0 Å². The molecule has 118 valence electrons. The molecule has 1 aromatic carbocycles. The lowest BCUT2D eigenvalue weighted by atomic mass is 10.0. The van der Waals surface area contributed by atoms with E-state index in [0.29, 0.717) is 5.84 Å². The third-order valence-electron chi connectivity index (χ3n) is 4.12. The molecule has 1 aliphatic heterocycles. The summed E-state index contributed by atoms with van der Waals surface area (Å²) in [5.74, 6) is -0.539. The number of nitrogens with zero attached hydrogens (tertiary/aromatic N) is 3. The molecule has 1 amide bonds. The van der Waals surface area contributed by atoms with Gasteiger partial charge in [-0.15, -0.1) is 0 Å². The van der Waals surface area contributed by atoms with Crippen LogP contribution in [0.5, 0.6) is 0 Å². The number of aromatic nitrogens is 2. The monoisotopic (exact) mass is 318 g/mol. The van der Waals surface area contributed by atoms with E-state index in [4.69, 9.17) is 0 Å². The normalized spacial score (nSPS) is 15.0. The molecule has 1 N–H and O–H groups in total. The van der Waals surface area contributed by atoms with Crippen LogP contribution in [0, 0.1) is 0 Å². The molecule has 3 heterocycles. The van der Waals surface area contributed by atoms with Gasteiger partial charge in [-0.1, -0.05) is 12.1 Å². The number of pyridine rings is 1. The minimum Gasteiger partial charge on any atom is -0.361 e. The number of fused-ring (bicyclic) bond motifs is 1. The lowest BCUT2D eigenvalue weighted by Gasteiger charge is -2.22. The van der Waals surface area contributed by atoms with Crippen molar-refractivity contribution < 1.29 is 9.59 Å². The number of benzene rings is 1. The van der Waals surface area contributed by atoms with Gasteiger partial charge in [0.1, 0.15) is 12.4 Å². The second-order valence-electron chi connectivity index (χ2n) is 5.60. The van der Waals surface area contributed by atoms with Gasteiger partial charge in [-0.2, -0.15) is 0 Å². The smallest absolute Gasteiger partial charge is 0.297 e. The predicted octanol–water partition coefficient (Wildman–Crippen LogP) is 2.02. The first kappa shape index (κ1) is 14.3. The van der Waals surface area contributed by atoms with E-state index >= 15 is 0 Å². The van der Waals surface area contributed by atoms with E-state index < -0.39 is 11.7 Å². The molecule has 6 nitrogen and oxygen atoms in total. The first-order chi connectivity index (χ1) is 11.6. The third kappa shape index (κ3) is 2.20. The van der Waals surface area contributed by atoms with Crippen molar-refractivity contribution in [2.45, 2.75) is 0 Å². The summed E-state index contributed by atoms with van der Waals surface area (Å²) < 4.78 is 0. The molecule has 3 aromatic rings.